The maximum atomic E-state index is 5.73. The van der Waals surface area contributed by atoms with Gasteiger partial charge in [0, 0.05) is 6.54 Å². The molecule has 1 aromatic rings. The van der Waals surface area contributed by atoms with E-state index in [9.17, 15) is 0 Å². The Bertz CT molecular complexity index is 343. The monoisotopic (exact) mass is 263 g/mol. The number of ether oxygens (including phenoxy) is 1. The van der Waals surface area contributed by atoms with E-state index in [-0.39, 0.29) is 0 Å². The van der Waals surface area contributed by atoms with Gasteiger partial charge in [0.15, 0.2) is 0 Å². The Hall–Kier alpha value is -1.02. The first-order valence-corrected chi connectivity index (χ1v) is 7.48. The Morgan fingerprint density at radius 3 is 2.16 bits per heavy atom. The van der Waals surface area contributed by atoms with Crippen LogP contribution in [0.1, 0.15) is 46.1 Å². The van der Waals surface area contributed by atoms with Gasteiger partial charge in [-0.15, -0.1) is 0 Å². The van der Waals surface area contributed by atoms with Gasteiger partial charge in [-0.25, -0.2) is 0 Å². The molecule has 2 heteroatoms. The van der Waals surface area contributed by atoms with E-state index in [0.717, 1.165) is 25.4 Å². The molecular formula is C17H29NO. The standard InChI is InChI=1S/C17H29NO/c1-6-18-11-17(14(4)5)15-7-9-16(10-8-15)19-12-13(2)3/h7-10,13-14,17-18H,6,11-12H2,1-5H3. The molecule has 0 amide bonds. The molecule has 0 heterocycles. The molecule has 0 aliphatic rings. The van der Waals surface area contributed by atoms with E-state index in [1.54, 1.807) is 0 Å². The van der Waals surface area contributed by atoms with E-state index in [1.165, 1.54) is 5.56 Å². The summed E-state index contributed by atoms with van der Waals surface area (Å²) < 4.78 is 5.73. The zero-order chi connectivity index (χ0) is 14.3. The zero-order valence-corrected chi connectivity index (χ0v) is 13.1. The van der Waals surface area contributed by atoms with Crippen LogP contribution in [0, 0.1) is 11.8 Å². The fraction of sp³-hybridized carbons (Fsp3) is 0.647. The summed E-state index contributed by atoms with van der Waals surface area (Å²) in [6.45, 7) is 13.9. The van der Waals surface area contributed by atoms with Gasteiger partial charge in [0.25, 0.3) is 0 Å². The van der Waals surface area contributed by atoms with E-state index in [4.69, 9.17) is 4.74 Å². The molecule has 1 atom stereocenters. The fourth-order valence-corrected chi connectivity index (χ4v) is 2.11. The summed E-state index contributed by atoms with van der Waals surface area (Å²) in [6, 6.07) is 8.60. The topological polar surface area (TPSA) is 21.3 Å². The number of hydrogen-bond donors (Lipinski definition) is 1. The predicted octanol–water partition coefficient (Wildman–Crippen LogP) is 4.07. The van der Waals surface area contributed by atoms with Crippen molar-refractivity contribution >= 4 is 0 Å². The van der Waals surface area contributed by atoms with E-state index in [1.807, 2.05) is 0 Å². The maximum absolute atomic E-state index is 5.73. The summed E-state index contributed by atoms with van der Waals surface area (Å²) in [5, 5.41) is 3.45. The van der Waals surface area contributed by atoms with Gasteiger partial charge in [0.1, 0.15) is 5.75 Å². The zero-order valence-electron chi connectivity index (χ0n) is 13.1. The SMILES string of the molecule is CCNCC(c1ccc(OCC(C)C)cc1)C(C)C. The summed E-state index contributed by atoms with van der Waals surface area (Å²) in [4.78, 5) is 0. The summed E-state index contributed by atoms with van der Waals surface area (Å²) in [6.07, 6.45) is 0. The Balaban J connectivity index is 2.66. The van der Waals surface area contributed by atoms with Crippen LogP contribution in [0.2, 0.25) is 0 Å². The van der Waals surface area contributed by atoms with Gasteiger partial charge in [-0.05, 0) is 42.0 Å². The first-order valence-electron chi connectivity index (χ1n) is 7.48. The second-order valence-corrected chi connectivity index (χ2v) is 5.93. The van der Waals surface area contributed by atoms with Crippen molar-refractivity contribution < 1.29 is 4.74 Å². The Morgan fingerprint density at radius 2 is 1.68 bits per heavy atom. The highest BCUT2D eigenvalue weighted by Crippen LogP contribution is 2.25. The van der Waals surface area contributed by atoms with Crippen LogP contribution in [0.25, 0.3) is 0 Å². The molecule has 1 unspecified atom stereocenters. The smallest absolute Gasteiger partial charge is 0.119 e. The Morgan fingerprint density at radius 1 is 1.05 bits per heavy atom. The highest BCUT2D eigenvalue weighted by atomic mass is 16.5. The van der Waals surface area contributed by atoms with Crippen molar-refractivity contribution in [3.63, 3.8) is 0 Å². The van der Waals surface area contributed by atoms with Gasteiger partial charge in [-0.2, -0.15) is 0 Å². The Kier molecular flexibility index (Phi) is 6.93. The second kappa shape index (κ2) is 8.21. The molecule has 0 bridgehead atoms. The van der Waals surface area contributed by atoms with Gasteiger partial charge < -0.3 is 10.1 Å². The molecule has 0 saturated heterocycles. The van der Waals surface area contributed by atoms with Crippen LogP contribution in [-0.4, -0.2) is 19.7 Å². The lowest BCUT2D eigenvalue weighted by molar-refractivity contribution is 0.271. The van der Waals surface area contributed by atoms with Crippen molar-refractivity contribution in [1.82, 2.24) is 5.32 Å². The van der Waals surface area contributed by atoms with E-state index in [2.05, 4.69) is 64.2 Å². The predicted molar refractivity (Wildman–Crippen MR) is 82.9 cm³/mol. The molecule has 0 saturated carbocycles. The molecule has 0 aromatic heterocycles. The summed E-state index contributed by atoms with van der Waals surface area (Å²) in [5.74, 6) is 2.75. The first-order chi connectivity index (χ1) is 9.04. The van der Waals surface area contributed by atoms with Gasteiger partial charge in [-0.1, -0.05) is 46.8 Å². The van der Waals surface area contributed by atoms with Crippen molar-refractivity contribution in [1.29, 1.82) is 0 Å². The van der Waals surface area contributed by atoms with Crippen molar-refractivity contribution in [3.05, 3.63) is 29.8 Å². The van der Waals surface area contributed by atoms with Crippen LogP contribution in [0.4, 0.5) is 0 Å². The number of likely N-dealkylation sites (N-methyl/N-ethyl adjacent to an activating group) is 1. The molecule has 19 heavy (non-hydrogen) atoms. The van der Waals surface area contributed by atoms with E-state index < -0.39 is 0 Å². The minimum atomic E-state index is 0.567. The quantitative estimate of drug-likeness (QED) is 0.763. The molecule has 0 aliphatic carbocycles. The van der Waals surface area contributed by atoms with Gasteiger partial charge in [-0.3, -0.25) is 0 Å². The largest absolute Gasteiger partial charge is 0.493 e. The van der Waals surface area contributed by atoms with Crippen LogP contribution < -0.4 is 10.1 Å². The minimum absolute atomic E-state index is 0.567. The van der Waals surface area contributed by atoms with Crippen LogP contribution in [0.15, 0.2) is 24.3 Å². The van der Waals surface area contributed by atoms with Crippen molar-refractivity contribution in [2.75, 3.05) is 19.7 Å². The summed E-state index contributed by atoms with van der Waals surface area (Å²) in [5.41, 5.74) is 1.40. The van der Waals surface area contributed by atoms with Crippen LogP contribution in [0.5, 0.6) is 5.75 Å². The molecular weight excluding hydrogens is 234 g/mol. The number of rotatable bonds is 8. The average Bonchev–Trinajstić information content (AvgIpc) is 2.37. The molecule has 1 rings (SSSR count). The molecule has 0 aliphatic heterocycles. The van der Waals surface area contributed by atoms with Crippen LogP contribution >= 0.6 is 0 Å². The highest BCUT2D eigenvalue weighted by molar-refractivity contribution is 5.30. The molecule has 0 radical (unpaired) electrons. The molecule has 0 fully saturated rings. The third kappa shape index (κ3) is 5.65. The van der Waals surface area contributed by atoms with Gasteiger partial charge in [0.05, 0.1) is 6.61 Å². The van der Waals surface area contributed by atoms with Gasteiger partial charge >= 0.3 is 0 Å². The fourth-order valence-electron chi connectivity index (χ4n) is 2.11. The molecule has 0 spiro atoms. The van der Waals surface area contributed by atoms with Crippen molar-refractivity contribution in [2.45, 2.75) is 40.5 Å². The highest BCUT2D eigenvalue weighted by Gasteiger charge is 2.15. The molecule has 1 N–H and O–H groups in total. The molecule has 108 valence electrons. The normalized spacial score (nSPS) is 13.0. The van der Waals surface area contributed by atoms with Crippen LogP contribution in [0.3, 0.4) is 0 Å². The van der Waals surface area contributed by atoms with Crippen molar-refractivity contribution in [3.8, 4) is 5.75 Å². The second-order valence-electron chi connectivity index (χ2n) is 5.93. The van der Waals surface area contributed by atoms with Crippen molar-refractivity contribution in [2.24, 2.45) is 11.8 Å². The maximum Gasteiger partial charge on any atom is 0.119 e. The number of benzene rings is 1. The third-order valence-electron chi connectivity index (χ3n) is 3.31. The van der Waals surface area contributed by atoms with E-state index >= 15 is 0 Å². The number of nitrogens with one attached hydrogen (secondary N) is 1. The third-order valence-corrected chi connectivity index (χ3v) is 3.31. The molecule has 2 nitrogen and oxygen atoms in total. The molecule has 1 aromatic carbocycles. The lowest BCUT2D eigenvalue weighted by Gasteiger charge is -2.22. The lowest BCUT2D eigenvalue weighted by atomic mass is 9.88. The number of hydrogen-bond acceptors (Lipinski definition) is 2. The summed E-state index contributed by atoms with van der Waals surface area (Å²) >= 11 is 0. The lowest BCUT2D eigenvalue weighted by Crippen LogP contribution is -2.24. The van der Waals surface area contributed by atoms with E-state index in [0.29, 0.717) is 17.8 Å². The average molecular weight is 263 g/mol. The Labute approximate surface area is 118 Å². The van der Waals surface area contributed by atoms with Gasteiger partial charge in [0.2, 0.25) is 0 Å². The minimum Gasteiger partial charge on any atom is -0.493 e. The van der Waals surface area contributed by atoms with Crippen LogP contribution in [-0.2, 0) is 0 Å². The first kappa shape index (κ1) is 16.0. The summed E-state index contributed by atoms with van der Waals surface area (Å²) in [7, 11) is 0.